The van der Waals surface area contributed by atoms with Gasteiger partial charge >= 0.3 is 18.0 Å². The molecular formula is H7AsBr4. The van der Waals surface area contributed by atoms with E-state index in [0.29, 0.717) is 0 Å². The summed E-state index contributed by atoms with van der Waals surface area (Å²) in [5.74, 6) is 0. The molecule has 0 rings (SSSR count). The fraction of sp³-hybridized carbons (Fsp3) is 0. The van der Waals surface area contributed by atoms with Crippen molar-refractivity contribution in [1.82, 2.24) is 0 Å². The first-order chi connectivity index (χ1) is 0. The molecule has 0 saturated heterocycles. The van der Waals surface area contributed by atoms with Crippen LogP contribution in [0.15, 0.2) is 0 Å². The zero-order chi connectivity index (χ0) is 0. The van der Waals surface area contributed by atoms with Crippen LogP contribution in [-0.4, -0.2) is 18.0 Å². The second kappa shape index (κ2) is 31.7. The molecule has 0 fully saturated rings. The van der Waals surface area contributed by atoms with E-state index in [1.807, 2.05) is 0 Å². The predicted molar refractivity (Wildman–Crippen MR) is 51.2 cm³/mol. The Morgan fingerprint density at radius 1 is 0.400 bits per heavy atom. The van der Waals surface area contributed by atoms with Gasteiger partial charge in [-0.25, -0.2) is 0 Å². The second-order valence-electron chi connectivity index (χ2n) is 0. The summed E-state index contributed by atoms with van der Waals surface area (Å²) in [5.41, 5.74) is 0. The Hall–Kier alpha value is 2.48. The zero-order valence-corrected chi connectivity index (χ0v) is 12.2. The topological polar surface area (TPSA) is 0 Å². The Labute approximate surface area is 84.9 Å². The van der Waals surface area contributed by atoms with Crippen molar-refractivity contribution < 1.29 is 0 Å². The number of hydrogen-bond acceptors (Lipinski definition) is 0. The number of rotatable bonds is 0. The molecule has 0 amide bonds. The molecule has 0 nitrogen and oxygen atoms in total. The van der Waals surface area contributed by atoms with Gasteiger partial charge in [0.15, 0.2) is 0 Å². The van der Waals surface area contributed by atoms with E-state index in [0.717, 1.165) is 0 Å². The minimum absolute atomic E-state index is 0. The summed E-state index contributed by atoms with van der Waals surface area (Å²) >= 11 is 0. The quantitative estimate of drug-likeness (QED) is 0.534. The molecule has 0 radical (unpaired) electrons. The minimum atomic E-state index is 0. The first-order valence-corrected chi connectivity index (χ1v) is 0. The maximum absolute atomic E-state index is 0. The van der Waals surface area contributed by atoms with E-state index in [2.05, 4.69) is 0 Å². The Balaban J connectivity index is 0. The van der Waals surface area contributed by atoms with Gasteiger partial charge in [0.2, 0.25) is 0 Å². The first kappa shape index (κ1) is 51.1. The van der Waals surface area contributed by atoms with Crippen LogP contribution in [0.4, 0.5) is 0 Å². The molecule has 40 valence electrons. The Morgan fingerprint density at radius 2 is 0.400 bits per heavy atom. The van der Waals surface area contributed by atoms with Crippen LogP contribution in [0.2, 0.25) is 0 Å². The zero-order valence-electron chi connectivity index (χ0n) is 2.34. The van der Waals surface area contributed by atoms with Crippen LogP contribution in [0.1, 0.15) is 0 Å². The van der Waals surface area contributed by atoms with E-state index < -0.39 is 0 Å². The van der Waals surface area contributed by atoms with Crippen molar-refractivity contribution in [3.63, 3.8) is 0 Å². The van der Waals surface area contributed by atoms with Crippen molar-refractivity contribution in [3.05, 3.63) is 0 Å². The average molecular weight is 402 g/mol. The van der Waals surface area contributed by atoms with Crippen molar-refractivity contribution in [1.29, 1.82) is 0 Å². The van der Waals surface area contributed by atoms with Gasteiger partial charge in [-0.1, -0.05) is 0 Å². The third-order valence-electron chi connectivity index (χ3n) is 0. The normalized spacial score (nSPS) is 0. The molecule has 0 aromatic rings. The van der Waals surface area contributed by atoms with Gasteiger partial charge in [-0.3, -0.25) is 0 Å². The van der Waals surface area contributed by atoms with Crippen LogP contribution in [0.5, 0.6) is 0 Å². The summed E-state index contributed by atoms with van der Waals surface area (Å²) in [6.07, 6.45) is 0. The van der Waals surface area contributed by atoms with Gasteiger partial charge in [0, 0.05) is 0 Å². The van der Waals surface area contributed by atoms with E-state index in [9.17, 15) is 0 Å². The molecule has 0 aromatic carbocycles. The van der Waals surface area contributed by atoms with Crippen LogP contribution in [0.25, 0.3) is 0 Å². The van der Waals surface area contributed by atoms with Gasteiger partial charge in [-0.15, -0.1) is 67.9 Å². The molecule has 0 aliphatic heterocycles. The van der Waals surface area contributed by atoms with E-state index in [4.69, 9.17) is 0 Å². The van der Waals surface area contributed by atoms with E-state index in [-0.39, 0.29) is 85.9 Å². The summed E-state index contributed by atoms with van der Waals surface area (Å²) in [4.78, 5) is 0. The van der Waals surface area contributed by atoms with Crippen molar-refractivity contribution in [2.45, 2.75) is 0 Å². The third-order valence-corrected chi connectivity index (χ3v) is 0. The van der Waals surface area contributed by atoms with Gasteiger partial charge < -0.3 is 0 Å². The molecule has 0 spiro atoms. The molecule has 0 aromatic heterocycles. The van der Waals surface area contributed by atoms with E-state index >= 15 is 0 Å². The predicted octanol–water partition coefficient (Wildman–Crippen LogP) is 1.13. The third kappa shape index (κ3) is 21.2. The Morgan fingerprint density at radius 3 is 0.400 bits per heavy atom. The number of halogens is 4. The van der Waals surface area contributed by atoms with Crippen molar-refractivity contribution in [2.24, 2.45) is 0 Å². The van der Waals surface area contributed by atoms with Crippen LogP contribution in [-0.2, 0) is 0 Å². The molecule has 1 atom stereocenters. The van der Waals surface area contributed by atoms with Gasteiger partial charge in [0.25, 0.3) is 0 Å². The molecule has 0 saturated carbocycles. The molecule has 5 heteroatoms. The molecule has 0 N–H and O–H groups in total. The summed E-state index contributed by atoms with van der Waals surface area (Å²) in [6, 6.07) is 0. The van der Waals surface area contributed by atoms with Crippen LogP contribution in [0, 0.1) is 0 Å². The average Bonchev–Trinajstić information content (AvgIpc) is 0. The van der Waals surface area contributed by atoms with Crippen LogP contribution < -0.4 is 0 Å². The fourth-order valence-corrected chi connectivity index (χ4v) is 0. The van der Waals surface area contributed by atoms with Gasteiger partial charge in [-0.05, 0) is 0 Å². The maximum atomic E-state index is 0. The standard InChI is InChI=1S/AsH3.4BrH/h1H3;4*1H. The summed E-state index contributed by atoms with van der Waals surface area (Å²) in [5, 5.41) is 0. The van der Waals surface area contributed by atoms with E-state index in [1.165, 1.54) is 0 Å². The fourth-order valence-electron chi connectivity index (χ4n) is 0. The molecule has 0 heterocycles. The SMILES string of the molecule is Br.Br.Br.Br.[AsH3]. The summed E-state index contributed by atoms with van der Waals surface area (Å²) < 4.78 is 0. The van der Waals surface area contributed by atoms with Crippen molar-refractivity contribution in [2.75, 3.05) is 0 Å². The molecule has 0 aliphatic rings. The summed E-state index contributed by atoms with van der Waals surface area (Å²) in [6.45, 7) is 0. The second-order valence-corrected chi connectivity index (χ2v) is 0. The molecular weight excluding hydrogens is 395 g/mol. The summed E-state index contributed by atoms with van der Waals surface area (Å²) in [7, 11) is 0. The van der Waals surface area contributed by atoms with E-state index in [1.54, 1.807) is 0 Å². The molecule has 1 unspecified atom stereocenters. The van der Waals surface area contributed by atoms with Crippen LogP contribution >= 0.6 is 67.9 Å². The van der Waals surface area contributed by atoms with Crippen LogP contribution in [0.3, 0.4) is 0 Å². The molecule has 5 heavy (non-hydrogen) atoms. The molecule has 0 bridgehead atoms. The Bertz CT molecular complexity index is 3.61. The van der Waals surface area contributed by atoms with Gasteiger partial charge in [-0.2, -0.15) is 0 Å². The van der Waals surface area contributed by atoms with Gasteiger partial charge in [0.1, 0.15) is 0 Å². The monoisotopic (exact) mass is 398 g/mol. The Kier molecular flexibility index (Phi) is 323. The molecule has 0 aliphatic carbocycles. The van der Waals surface area contributed by atoms with Crippen molar-refractivity contribution in [3.8, 4) is 0 Å². The first-order valence-electron chi connectivity index (χ1n) is 0. The van der Waals surface area contributed by atoms with Gasteiger partial charge in [0.05, 0.1) is 0 Å². The van der Waals surface area contributed by atoms with Crippen molar-refractivity contribution >= 4 is 85.9 Å². The number of hydrogen-bond donors (Lipinski definition) is 0.